The van der Waals surface area contributed by atoms with E-state index in [1.54, 1.807) is 0 Å². The van der Waals surface area contributed by atoms with Crippen LogP contribution in [0.15, 0.2) is 35.3 Å². The normalized spacial score (nSPS) is 21.4. The third kappa shape index (κ3) is 3.24. The third-order valence-electron chi connectivity index (χ3n) is 2.96. The lowest BCUT2D eigenvalue weighted by Crippen LogP contribution is -2.36. The van der Waals surface area contributed by atoms with Gasteiger partial charge in [0.05, 0.1) is 11.2 Å². The minimum Gasteiger partial charge on any atom is -0.297 e. The van der Waals surface area contributed by atoms with Crippen LogP contribution in [-0.4, -0.2) is 29.2 Å². The Labute approximate surface area is 102 Å². The Morgan fingerprint density at radius 3 is 2.94 bits per heavy atom. The predicted octanol–water partition coefficient (Wildman–Crippen LogP) is 2.75. The summed E-state index contributed by atoms with van der Waals surface area (Å²) in [4.78, 5) is 6.64. The van der Waals surface area contributed by atoms with Gasteiger partial charge >= 0.3 is 0 Å². The molecule has 2 nitrogen and oxygen atoms in total. The molecule has 0 aromatic heterocycles. The van der Waals surface area contributed by atoms with E-state index in [4.69, 9.17) is 0 Å². The summed E-state index contributed by atoms with van der Waals surface area (Å²) in [7, 11) is 0. The molecule has 0 radical (unpaired) electrons. The number of likely N-dealkylation sites (tertiary alicyclic amines) is 1. The molecule has 1 fully saturated rings. The van der Waals surface area contributed by atoms with Crippen LogP contribution in [0.25, 0.3) is 0 Å². The van der Waals surface area contributed by atoms with Crippen molar-refractivity contribution in [2.75, 3.05) is 13.1 Å². The van der Waals surface area contributed by atoms with Gasteiger partial charge in [-0.05, 0) is 37.2 Å². The summed E-state index contributed by atoms with van der Waals surface area (Å²) in [6.07, 6.45) is 2.35. The number of piperidine rings is 1. The van der Waals surface area contributed by atoms with Gasteiger partial charge in [0.1, 0.15) is 0 Å². The first kappa shape index (κ1) is 11.5. The number of hydrogen-bond donors (Lipinski definition) is 0. The SMILES string of the molecule is S=C=N[C@@H]1CCCN(Cc2ccccc2)C1. The zero-order valence-electron chi connectivity index (χ0n) is 9.30. The molecule has 3 heteroatoms. The van der Waals surface area contributed by atoms with Crippen LogP contribution in [0, 0.1) is 0 Å². The first-order valence-electron chi connectivity index (χ1n) is 5.72. The molecule has 1 atom stereocenters. The summed E-state index contributed by atoms with van der Waals surface area (Å²) in [5.41, 5.74) is 1.37. The van der Waals surface area contributed by atoms with Crippen molar-refractivity contribution in [1.82, 2.24) is 4.90 Å². The topological polar surface area (TPSA) is 15.6 Å². The Morgan fingerprint density at radius 1 is 1.38 bits per heavy atom. The molecule has 0 amide bonds. The summed E-state index contributed by atoms with van der Waals surface area (Å²) in [5.74, 6) is 0. The molecule has 0 bridgehead atoms. The average molecular weight is 232 g/mol. The van der Waals surface area contributed by atoms with E-state index < -0.39 is 0 Å². The maximum Gasteiger partial charge on any atom is 0.0730 e. The minimum absolute atomic E-state index is 0.356. The molecule has 0 aliphatic carbocycles. The average Bonchev–Trinajstić information content (AvgIpc) is 2.31. The maximum atomic E-state index is 4.67. The summed E-state index contributed by atoms with van der Waals surface area (Å²) in [5, 5.41) is 2.50. The first-order chi connectivity index (χ1) is 7.88. The molecule has 1 aromatic rings. The second-order valence-electron chi connectivity index (χ2n) is 4.24. The van der Waals surface area contributed by atoms with Crippen LogP contribution < -0.4 is 0 Å². The highest BCUT2D eigenvalue weighted by molar-refractivity contribution is 7.78. The van der Waals surface area contributed by atoms with Crippen molar-refractivity contribution >= 4 is 17.4 Å². The second kappa shape index (κ2) is 5.90. The highest BCUT2D eigenvalue weighted by atomic mass is 32.1. The summed E-state index contributed by atoms with van der Waals surface area (Å²) < 4.78 is 0. The smallest absolute Gasteiger partial charge is 0.0730 e. The van der Waals surface area contributed by atoms with E-state index in [-0.39, 0.29) is 0 Å². The highest BCUT2D eigenvalue weighted by Crippen LogP contribution is 2.15. The Kier molecular flexibility index (Phi) is 4.23. The van der Waals surface area contributed by atoms with E-state index in [0.717, 1.165) is 19.5 Å². The molecule has 16 heavy (non-hydrogen) atoms. The number of hydrogen-bond acceptors (Lipinski definition) is 3. The Balaban J connectivity index is 1.93. The Hall–Kier alpha value is -1.02. The molecule has 84 valence electrons. The van der Waals surface area contributed by atoms with Crippen LogP contribution in [0.4, 0.5) is 0 Å². The van der Waals surface area contributed by atoms with Gasteiger partial charge in [-0.3, -0.25) is 4.90 Å². The van der Waals surface area contributed by atoms with E-state index in [1.807, 2.05) is 0 Å². The van der Waals surface area contributed by atoms with Crippen molar-refractivity contribution in [3.8, 4) is 0 Å². The zero-order valence-corrected chi connectivity index (χ0v) is 10.1. The molecule has 1 saturated heterocycles. The number of benzene rings is 1. The summed E-state index contributed by atoms with van der Waals surface area (Å²) in [6.45, 7) is 3.20. The molecule has 0 unspecified atom stereocenters. The van der Waals surface area contributed by atoms with Gasteiger partial charge in [-0.25, -0.2) is 4.99 Å². The fraction of sp³-hybridized carbons (Fsp3) is 0.462. The first-order valence-corrected chi connectivity index (χ1v) is 6.12. The van der Waals surface area contributed by atoms with Crippen LogP contribution in [0.3, 0.4) is 0 Å². The van der Waals surface area contributed by atoms with Gasteiger partial charge in [-0.15, -0.1) is 0 Å². The fourth-order valence-corrected chi connectivity index (χ4v) is 2.35. The molecular formula is C13H16N2S. The van der Waals surface area contributed by atoms with Gasteiger partial charge in [-0.2, -0.15) is 0 Å². The van der Waals surface area contributed by atoms with Crippen molar-refractivity contribution in [1.29, 1.82) is 0 Å². The van der Waals surface area contributed by atoms with Crippen molar-refractivity contribution in [2.24, 2.45) is 4.99 Å². The minimum atomic E-state index is 0.356. The van der Waals surface area contributed by atoms with E-state index in [1.165, 1.54) is 18.5 Å². The van der Waals surface area contributed by atoms with Gasteiger partial charge in [0.25, 0.3) is 0 Å². The number of nitrogens with zero attached hydrogens (tertiary/aromatic N) is 2. The number of rotatable bonds is 3. The van der Waals surface area contributed by atoms with Gasteiger partial charge in [0.15, 0.2) is 0 Å². The quantitative estimate of drug-likeness (QED) is 0.588. The molecule has 0 saturated carbocycles. The molecule has 1 heterocycles. The molecule has 1 aliphatic rings. The van der Waals surface area contributed by atoms with Crippen LogP contribution in [-0.2, 0) is 6.54 Å². The molecule has 0 spiro atoms. The zero-order chi connectivity index (χ0) is 11.2. The standard InChI is InChI=1S/C13H16N2S/c16-11-14-13-7-4-8-15(10-13)9-12-5-2-1-3-6-12/h1-3,5-6,13H,4,7-10H2/t13-/m1/s1. The van der Waals surface area contributed by atoms with Crippen LogP contribution >= 0.6 is 12.2 Å². The van der Waals surface area contributed by atoms with Gasteiger partial charge in [0.2, 0.25) is 0 Å². The maximum absolute atomic E-state index is 4.67. The Bertz CT molecular complexity index is 371. The van der Waals surface area contributed by atoms with Crippen molar-refractivity contribution in [3.63, 3.8) is 0 Å². The lowest BCUT2D eigenvalue weighted by Gasteiger charge is -2.30. The van der Waals surface area contributed by atoms with Crippen molar-refractivity contribution < 1.29 is 0 Å². The second-order valence-corrected chi connectivity index (χ2v) is 4.42. The summed E-state index contributed by atoms with van der Waals surface area (Å²) >= 11 is 4.67. The fourth-order valence-electron chi connectivity index (χ4n) is 2.20. The van der Waals surface area contributed by atoms with Crippen molar-refractivity contribution in [3.05, 3.63) is 35.9 Å². The van der Waals surface area contributed by atoms with Gasteiger partial charge < -0.3 is 0 Å². The molecule has 2 rings (SSSR count). The number of aliphatic imine (C=N–C) groups is 1. The Morgan fingerprint density at radius 2 is 2.19 bits per heavy atom. The van der Waals surface area contributed by atoms with E-state index in [2.05, 4.69) is 57.6 Å². The molecular weight excluding hydrogens is 216 g/mol. The highest BCUT2D eigenvalue weighted by Gasteiger charge is 2.18. The van der Waals surface area contributed by atoms with Crippen LogP contribution in [0.1, 0.15) is 18.4 Å². The monoisotopic (exact) mass is 232 g/mol. The lowest BCUT2D eigenvalue weighted by molar-refractivity contribution is 0.202. The van der Waals surface area contributed by atoms with Gasteiger partial charge in [-0.1, -0.05) is 30.3 Å². The molecule has 1 aromatic carbocycles. The number of thiocarbonyl (C=S) groups is 1. The molecule has 0 N–H and O–H groups in total. The van der Waals surface area contributed by atoms with E-state index in [9.17, 15) is 0 Å². The summed E-state index contributed by atoms with van der Waals surface area (Å²) in [6, 6.07) is 10.9. The largest absolute Gasteiger partial charge is 0.297 e. The number of isothiocyanates is 1. The van der Waals surface area contributed by atoms with Crippen LogP contribution in [0.2, 0.25) is 0 Å². The third-order valence-corrected chi connectivity index (χ3v) is 3.07. The predicted molar refractivity (Wildman–Crippen MR) is 69.8 cm³/mol. The van der Waals surface area contributed by atoms with E-state index >= 15 is 0 Å². The molecule has 1 aliphatic heterocycles. The van der Waals surface area contributed by atoms with E-state index in [0.29, 0.717) is 6.04 Å². The lowest BCUT2D eigenvalue weighted by atomic mass is 10.1. The van der Waals surface area contributed by atoms with Crippen LogP contribution in [0.5, 0.6) is 0 Å². The van der Waals surface area contributed by atoms with Gasteiger partial charge in [0, 0.05) is 13.1 Å². The van der Waals surface area contributed by atoms with Crippen molar-refractivity contribution in [2.45, 2.75) is 25.4 Å².